The number of ether oxygens (including phenoxy) is 1. The van der Waals surface area contributed by atoms with Crippen molar-refractivity contribution in [2.75, 3.05) is 32.6 Å². The minimum absolute atomic E-state index is 0.220. The third-order valence-electron chi connectivity index (χ3n) is 4.68. The third-order valence-corrected chi connectivity index (χ3v) is 6.70. The van der Waals surface area contributed by atoms with Gasteiger partial charge in [-0.3, -0.25) is 0 Å². The molecule has 1 N–H and O–H groups in total. The Kier molecular flexibility index (Phi) is 5.75. The van der Waals surface area contributed by atoms with Crippen LogP contribution in [0.5, 0.6) is 5.75 Å². The van der Waals surface area contributed by atoms with Gasteiger partial charge in [0.25, 0.3) is 0 Å². The lowest BCUT2D eigenvalue weighted by Crippen LogP contribution is -2.36. The smallest absolute Gasteiger partial charge is 0.206 e. The zero-order valence-corrected chi connectivity index (χ0v) is 16.5. The summed E-state index contributed by atoms with van der Waals surface area (Å²) < 4.78 is 31.2. The zero-order valence-electron chi connectivity index (χ0n) is 14.9. The predicted molar refractivity (Wildman–Crippen MR) is 104 cm³/mol. The van der Waals surface area contributed by atoms with Crippen molar-refractivity contribution in [3.05, 3.63) is 47.5 Å². The highest BCUT2D eigenvalue weighted by Crippen LogP contribution is 2.32. The van der Waals surface area contributed by atoms with Gasteiger partial charge in [-0.15, -0.1) is 0 Å². The molecule has 0 spiro atoms. The number of rotatable bonds is 5. The summed E-state index contributed by atoms with van der Waals surface area (Å²) in [5, 5.41) is 3.96. The maximum atomic E-state index is 12.9. The van der Waals surface area contributed by atoms with E-state index in [2.05, 4.69) is 17.3 Å². The quantitative estimate of drug-likeness (QED) is 0.838. The van der Waals surface area contributed by atoms with Crippen LogP contribution in [0.1, 0.15) is 12.8 Å². The Bertz CT molecular complexity index is 861. The van der Waals surface area contributed by atoms with Gasteiger partial charge in [0.05, 0.1) is 22.6 Å². The number of halogens is 1. The highest BCUT2D eigenvalue weighted by atomic mass is 35.5. The van der Waals surface area contributed by atoms with Crippen LogP contribution in [0.25, 0.3) is 0 Å². The number of likely N-dealkylation sites (tertiary alicyclic amines) is 1. The Balaban J connectivity index is 1.90. The van der Waals surface area contributed by atoms with E-state index in [4.69, 9.17) is 16.3 Å². The van der Waals surface area contributed by atoms with E-state index in [0.717, 1.165) is 25.9 Å². The van der Waals surface area contributed by atoms with Crippen LogP contribution < -0.4 is 10.1 Å². The number of benzene rings is 2. The van der Waals surface area contributed by atoms with Crippen molar-refractivity contribution < 1.29 is 13.2 Å². The minimum atomic E-state index is -3.62. The molecular formula is C19H23ClN2O3S. The van der Waals surface area contributed by atoms with Crippen LogP contribution >= 0.6 is 11.6 Å². The second kappa shape index (κ2) is 7.86. The van der Waals surface area contributed by atoms with Gasteiger partial charge in [-0.2, -0.15) is 0 Å². The molecule has 1 fully saturated rings. The standard InChI is InChI=1S/C19H23ClN2O3S/c1-22-11-9-15(10-12-22)21-18-13-17(7-8-19(18)25-2)26(23,24)16-5-3-14(20)4-6-16/h3-8,13,15,21H,9-12H2,1-2H3. The maximum absolute atomic E-state index is 12.9. The molecule has 0 radical (unpaired) electrons. The number of nitrogens with zero attached hydrogens (tertiary/aromatic N) is 1. The van der Waals surface area contributed by atoms with Crippen LogP contribution in [0.2, 0.25) is 5.02 Å². The van der Waals surface area contributed by atoms with Crippen molar-refractivity contribution >= 4 is 27.1 Å². The molecule has 2 aromatic carbocycles. The number of nitrogens with one attached hydrogen (secondary N) is 1. The zero-order chi connectivity index (χ0) is 18.7. The lowest BCUT2D eigenvalue weighted by atomic mass is 10.1. The fourth-order valence-corrected chi connectivity index (χ4v) is 4.50. The first-order chi connectivity index (χ1) is 12.4. The molecule has 140 valence electrons. The van der Waals surface area contributed by atoms with E-state index in [9.17, 15) is 8.42 Å². The van der Waals surface area contributed by atoms with Gasteiger partial charge in [0.15, 0.2) is 0 Å². The normalized spacial score (nSPS) is 16.4. The van der Waals surface area contributed by atoms with Crippen LogP contribution in [0.15, 0.2) is 52.3 Å². The molecule has 2 aromatic rings. The number of sulfone groups is 1. The molecule has 1 aliphatic rings. The summed E-state index contributed by atoms with van der Waals surface area (Å²) in [6.07, 6.45) is 2.02. The highest BCUT2D eigenvalue weighted by Gasteiger charge is 2.22. The van der Waals surface area contributed by atoms with Crippen molar-refractivity contribution in [3.8, 4) is 5.75 Å². The van der Waals surface area contributed by atoms with E-state index in [1.807, 2.05) is 0 Å². The second-order valence-corrected chi connectivity index (χ2v) is 8.93. The first kappa shape index (κ1) is 19.0. The highest BCUT2D eigenvalue weighted by molar-refractivity contribution is 7.91. The summed E-state index contributed by atoms with van der Waals surface area (Å²) >= 11 is 5.87. The molecule has 0 aromatic heterocycles. The fraction of sp³-hybridized carbons (Fsp3) is 0.368. The van der Waals surface area contributed by atoms with Gasteiger partial charge in [0.2, 0.25) is 9.84 Å². The summed E-state index contributed by atoms with van der Waals surface area (Å²) in [6.45, 7) is 2.03. The van der Waals surface area contributed by atoms with E-state index in [-0.39, 0.29) is 9.79 Å². The van der Waals surface area contributed by atoms with Gasteiger partial charge >= 0.3 is 0 Å². The molecule has 0 aliphatic carbocycles. The number of hydrogen-bond acceptors (Lipinski definition) is 5. The lowest BCUT2D eigenvalue weighted by molar-refractivity contribution is 0.263. The Morgan fingerprint density at radius 3 is 2.31 bits per heavy atom. The van der Waals surface area contributed by atoms with Gasteiger partial charge in [-0.25, -0.2) is 8.42 Å². The molecule has 0 saturated carbocycles. The van der Waals surface area contributed by atoms with Crippen molar-refractivity contribution in [2.45, 2.75) is 28.7 Å². The predicted octanol–water partition coefficient (Wildman–Crippen LogP) is 3.69. The SMILES string of the molecule is COc1ccc(S(=O)(=O)c2ccc(Cl)cc2)cc1NC1CCN(C)CC1. The molecule has 1 aliphatic heterocycles. The molecule has 5 nitrogen and oxygen atoms in total. The van der Waals surface area contributed by atoms with Gasteiger partial charge < -0.3 is 15.0 Å². The summed E-state index contributed by atoms with van der Waals surface area (Å²) in [5.41, 5.74) is 0.706. The van der Waals surface area contributed by atoms with Crippen molar-refractivity contribution in [1.29, 1.82) is 0 Å². The first-order valence-corrected chi connectivity index (χ1v) is 10.4. The third kappa shape index (κ3) is 4.14. The summed E-state index contributed by atoms with van der Waals surface area (Å²) in [4.78, 5) is 2.74. The van der Waals surface area contributed by atoms with Crippen molar-refractivity contribution in [3.63, 3.8) is 0 Å². The molecule has 3 rings (SSSR count). The molecule has 26 heavy (non-hydrogen) atoms. The van der Waals surface area contributed by atoms with Crippen molar-refractivity contribution in [2.24, 2.45) is 0 Å². The number of methoxy groups -OCH3 is 1. The molecule has 0 amide bonds. The van der Waals surface area contributed by atoms with Crippen LogP contribution in [-0.2, 0) is 9.84 Å². The van der Waals surface area contributed by atoms with E-state index in [1.54, 1.807) is 37.4 Å². The van der Waals surface area contributed by atoms with Gasteiger partial charge in [-0.1, -0.05) is 11.6 Å². The monoisotopic (exact) mass is 394 g/mol. The summed E-state index contributed by atoms with van der Waals surface area (Å²) in [6, 6.07) is 11.4. The maximum Gasteiger partial charge on any atom is 0.206 e. The van der Waals surface area contributed by atoms with Crippen LogP contribution in [0.3, 0.4) is 0 Å². The molecule has 0 unspecified atom stereocenters. The van der Waals surface area contributed by atoms with Crippen LogP contribution in [0.4, 0.5) is 5.69 Å². The van der Waals surface area contributed by atoms with E-state index < -0.39 is 9.84 Å². The molecule has 0 atom stereocenters. The largest absolute Gasteiger partial charge is 0.495 e. The topological polar surface area (TPSA) is 58.6 Å². The number of anilines is 1. The summed E-state index contributed by atoms with van der Waals surface area (Å²) in [7, 11) is 0.0779. The van der Waals surface area contributed by atoms with Gasteiger partial charge in [-0.05, 0) is 75.4 Å². The Hall–Kier alpha value is -1.76. The Morgan fingerprint density at radius 1 is 1.08 bits per heavy atom. The first-order valence-electron chi connectivity index (χ1n) is 8.54. The lowest BCUT2D eigenvalue weighted by Gasteiger charge is -2.30. The molecule has 1 heterocycles. The minimum Gasteiger partial charge on any atom is -0.495 e. The molecule has 0 bridgehead atoms. The van der Waals surface area contributed by atoms with E-state index in [1.165, 1.54) is 12.1 Å². The number of piperidine rings is 1. The van der Waals surface area contributed by atoms with E-state index >= 15 is 0 Å². The Morgan fingerprint density at radius 2 is 1.69 bits per heavy atom. The van der Waals surface area contributed by atoms with Crippen LogP contribution in [0, 0.1) is 0 Å². The van der Waals surface area contributed by atoms with Gasteiger partial charge in [0.1, 0.15) is 5.75 Å². The average molecular weight is 395 g/mol. The molecule has 1 saturated heterocycles. The second-order valence-electron chi connectivity index (χ2n) is 6.54. The molecular weight excluding hydrogens is 372 g/mol. The number of hydrogen-bond donors (Lipinski definition) is 1. The average Bonchev–Trinajstić information content (AvgIpc) is 2.64. The van der Waals surface area contributed by atoms with Gasteiger partial charge in [0, 0.05) is 11.1 Å². The summed E-state index contributed by atoms with van der Waals surface area (Å²) in [5.74, 6) is 0.638. The fourth-order valence-electron chi connectivity index (χ4n) is 3.09. The van der Waals surface area contributed by atoms with Crippen molar-refractivity contribution in [1.82, 2.24) is 4.90 Å². The molecule has 7 heteroatoms. The Labute approximate surface area is 159 Å². The van der Waals surface area contributed by atoms with Crippen LogP contribution in [-0.4, -0.2) is 46.6 Å². The van der Waals surface area contributed by atoms with E-state index in [0.29, 0.717) is 22.5 Å².